The number of nitrogens with zero attached hydrogens (tertiary/aromatic N) is 4. The summed E-state index contributed by atoms with van der Waals surface area (Å²) >= 11 is 6.13. The second-order valence-corrected chi connectivity index (χ2v) is 3.82. The number of aromatic nitrogens is 3. The van der Waals surface area contributed by atoms with Gasteiger partial charge in [-0.1, -0.05) is 16.8 Å². The maximum absolute atomic E-state index is 8.64. The number of oxime groups is 1. The zero-order chi connectivity index (χ0) is 12.4. The lowest BCUT2D eigenvalue weighted by atomic mass is 10.2. The Morgan fingerprint density at radius 3 is 2.94 bits per heavy atom. The highest BCUT2D eigenvalue weighted by atomic mass is 35.5. The van der Waals surface area contributed by atoms with Crippen LogP contribution in [0.4, 0.5) is 0 Å². The molecule has 17 heavy (non-hydrogen) atoms. The van der Waals surface area contributed by atoms with Crippen molar-refractivity contribution in [1.29, 1.82) is 0 Å². The van der Waals surface area contributed by atoms with Crippen LogP contribution in [0.1, 0.15) is 11.1 Å². The monoisotopic (exact) mass is 251 g/mol. The smallest absolute Gasteiger partial charge is 0.172 e. The van der Waals surface area contributed by atoms with Gasteiger partial charge in [-0.15, -0.1) is 0 Å². The van der Waals surface area contributed by atoms with Gasteiger partial charge < -0.3 is 10.9 Å². The first-order valence-corrected chi connectivity index (χ1v) is 5.15. The van der Waals surface area contributed by atoms with Gasteiger partial charge in [0.25, 0.3) is 0 Å². The fourth-order valence-electron chi connectivity index (χ4n) is 1.37. The van der Waals surface area contributed by atoms with Gasteiger partial charge in [0.05, 0.1) is 11.2 Å². The van der Waals surface area contributed by atoms with Crippen LogP contribution in [0.5, 0.6) is 0 Å². The Morgan fingerprint density at radius 1 is 1.59 bits per heavy atom. The van der Waals surface area contributed by atoms with Crippen LogP contribution < -0.4 is 5.73 Å². The molecular weight excluding hydrogens is 242 g/mol. The summed E-state index contributed by atoms with van der Waals surface area (Å²) < 4.78 is 1.53. The van der Waals surface area contributed by atoms with Crippen molar-refractivity contribution in [3.8, 4) is 5.82 Å². The van der Waals surface area contributed by atoms with Crippen molar-refractivity contribution >= 4 is 17.4 Å². The summed E-state index contributed by atoms with van der Waals surface area (Å²) in [6.45, 7) is 1.91. The van der Waals surface area contributed by atoms with Crippen molar-refractivity contribution in [3.63, 3.8) is 0 Å². The van der Waals surface area contributed by atoms with E-state index >= 15 is 0 Å². The minimum atomic E-state index is -0.0671. The Kier molecular flexibility index (Phi) is 2.97. The molecule has 0 aliphatic carbocycles. The minimum Gasteiger partial charge on any atom is -0.409 e. The molecule has 0 fully saturated rings. The SMILES string of the molecule is Cc1cnn(-c2nccc(/C(N)=N/O)c2Cl)c1. The van der Waals surface area contributed by atoms with Crippen molar-refractivity contribution in [1.82, 2.24) is 14.8 Å². The first-order chi connectivity index (χ1) is 8.13. The lowest BCUT2D eigenvalue weighted by Gasteiger charge is -2.06. The van der Waals surface area contributed by atoms with Crippen molar-refractivity contribution in [3.05, 3.63) is 40.8 Å². The second-order valence-electron chi connectivity index (χ2n) is 3.44. The maximum atomic E-state index is 8.64. The first kappa shape index (κ1) is 11.4. The molecule has 2 aromatic heterocycles. The summed E-state index contributed by atoms with van der Waals surface area (Å²) in [4.78, 5) is 4.12. The molecular formula is C10H10ClN5O. The van der Waals surface area contributed by atoms with E-state index in [2.05, 4.69) is 15.2 Å². The standard InChI is InChI=1S/C10H10ClN5O/c1-6-4-14-16(5-6)10-8(11)7(2-3-13-10)9(12)15-17/h2-5,17H,1H3,(H2,12,15). The molecule has 0 unspecified atom stereocenters. The van der Waals surface area contributed by atoms with Crippen molar-refractivity contribution in [2.75, 3.05) is 0 Å². The average molecular weight is 252 g/mol. The summed E-state index contributed by atoms with van der Waals surface area (Å²) in [5.74, 6) is 0.367. The van der Waals surface area contributed by atoms with E-state index in [0.29, 0.717) is 11.4 Å². The molecule has 0 aromatic carbocycles. The number of aryl methyl sites for hydroxylation is 1. The predicted molar refractivity (Wildman–Crippen MR) is 63.6 cm³/mol. The fourth-order valence-corrected chi connectivity index (χ4v) is 1.67. The number of hydrogen-bond donors (Lipinski definition) is 2. The van der Waals surface area contributed by atoms with Crippen LogP contribution in [0, 0.1) is 6.92 Å². The summed E-state index contributed by atoms with van der Waals surface area (Å²) in [6, 6.07) is 1.57. The molecule has 88 valence electrons. The van der Waals surface area contributed by atoms with Gasteiger partial charge in [0.2, 0.25) is 0 Å². The Bertz CT molecular complexity index is 578. The molecule has 0 radical (unpaired) electrons. The van der Waals surface area contributed by atoms with Gasteiger partial charge in [0.15, 0.2) is 11.7 Å². The summed E-state index contributed by atoms with van der Waals surface area (Å²) in [7, 11) is 0. The number of nitrogens with two attached hydrogens (primary N) is 1. The largest absolute Gasteiger partial charge is 0.409 e. The second kappa shape index (κ2) is 4.42. The highest BCUT2D eigenvalue weighted by Crippen LogP contribution is 2.22. The van der Waals surface area contributed by atoms with Crippen molar-refractivity contribution in [2.45, 2.75) is 6.92 Å². The first-order valence-electron chi connectivity index (χ1n) is 4.77. The molecule has 0 saturated carbocycles. The van der Waals surface area contributed by atoms with Gasteiger partial charge in [-0.05, 0) is 18.6 Å². The van der Waals surface area contributed by atoms with Crippen LogP contribution in [0.3, 0.4) is 0 Å². The van der Waals surface area contributed by atoms with E-state index in [9.17, 15) is 0 Å². The van der Waals surface area contributed by atoms with Gasteiger partial charge in [-0.3, -0.25) is 0 Å². The van der Waals surface area contributed by atoms with E-state index < -0.39 is 0 Å². The molecule has 0 spiro atoms. The van der Waals surface area contributed by atoms with Gasteiger partial charge >= 0.3 is 0 Å². The summed E-state index contributed by atoms with van der Waals surface area (Å²) in [5, 5.41) is 15.9. The highest BCUT2D eigenvalue weighted by Gasteiger charge is 2.12. The summed E-state index contributed by atoms with van der Waals surface area (Å²) in [5.41, 5.74) is 6.90. The lowest BCUT2D eigenvalue weighted by Crippen LogP contribution is -2.15. The van der Waals surface area contributed by atoms with Gasteiger partial charge in [-0.2, -0.15) is 5.10 Å². The number of rotatable bonds is 2. The quantitative estimate of drug-likeness (QED) is 0.365. The van der Waals surface area contributed by atoms with Crippen LogP contribution in [0.15, 0.2) is 29.8 Å². The van der Waals surface area contributed by atoms with Crippen LogP contribution in [0.25, 0.3) is 5.82 Å². The Morgan fingerprint density at radius 2 is 2.35 bits per heavy atom. The van der Waals surface area contributed by atoms with Crippen LogP contribution >= 0.6 is 11.6 Å². The molecule has 3 N–H and O–H groups in total. The number of amidine groups is 1. The third kappa shape index (κ3) is 2.07. The van der Waals surface area contributed by atoms with Crippen molar-refractivity contribution in [2.24, 2.45) is 10.9 Å². The Hall–Kier alpha value is -2.08. The molecule has 0 saturated heterocycles. The third-order valence-corrected chi connectivity index (χ3v) is 2.56. The molecule has 0 bridgehead atoms. The molecule has 0 aliphatic heterocycles. The number of pyridine rings is 1. The normalized spacial score (nSPS) is 11.8. The molecule has 0 amide bonds. The third-order valence-electron chi connectivity index (χ3n) is 2.18. The van der Waals surface area contributed by atoms with E-state index in [4.69, 9.17) is 22.5 Å². The van der Waals surface area contributed by atoms with Crippen LogP contribution in [-0.2, 0) is 0 Å². The molecule has 2 aromatic rings. The Labute approximate surface area is 102 Å². The van der Waals surface area contributed by atoms with E-state index in [0.717, 1.165) is 5.56 Å². The molecule has 0 atom stereocenters. The van der Waals surface area contributed by atoms with Crippen LogP contribution in [0.2, 0.25) is 5.02 Å². The lowest BCUT2D eigenvalue weighted by molar-refractivity contribution is 0.318. The minimum absolute atomic E-state index is 0.0671. The van der Waals surface area contributed by atoms with Gasteiger partial charge in [0, 0.05) is 18.0 Å². The summed E-state index contributed by atoms with van der Waals surface area (Å²) in [6.07, 6.45) is 4.99. The Balaban J connectivity index is 2.57. The van der Waals surface area contributed by atoms with Crippen LogP contribution in [-0.4, -0.2) is 25.8 Å². The molecule has 2 rings (SSSR count). The maximum Gasteiger partial charge on any atom is 0.172 e. The molecule has 7 heteroatoms. The van der Waals surface area contributed by atoms with E-state index in [1.54, 1.807) is 18.5 Å². The highest BCUT2D eigenvalue weighted by molar-refractivity contribution is 6.35. The topological polar surface area (TPSA) is 89.3 Å². The average Bonchev–Trinajstić information content (AvgIpc) is 2.75. The predicted octanol–water partition coefficient (Wildman–Crippen LogP) is 1.32. The molecule has 6 nitrogen and oxygen atoms in total. The van der Waals surface area contributed by atoms with E-state index in [1.165, 1.54) is 10.9 Å². The zero-order valence-corrected chi connectivity index (χ0v) is 9.76. The number of hydrogen-bond acceptors (Lipinski definition) is 4. The zero-order valence-electron chi connectivity index (χ0n) is 9.00. The molecule has 0 aliphatic rings. The van der Waals surface area contributed by atoms with E-state index in [1.807, 2.05) is 6.92 Å². The molecule has 2 heterocycles. The van der Waals surface area contributed by atoms with Gasteiger partial charge in [-0.25, -0.2) is 9.67 Å². The van der Waals surface area contributed by atoms with Gasteiger partial charge in [0.1, 0.15) is 0 Å². The van der Waals surface area contributed by atoms with E-state index in [-0.39, 0.29) is 10.9 Å². The van der Waals surface area contributed by atoms with Crippen molar-refractivity contribution < 1.29 is 5.21 Å². The number of halogens is 1. The fraction of sp³-hybridized carbons (Fsp3) is 0.100.